The second-order valence-corrected chi connectivity index (χ2v) is 9.43. The molecule has 0 spiro atoms. The molecule has 2 heterocycles. The molecule has 0 saturated carbocycles. The highest BCUT2D eigenvalue weighted by atomic mass is 32.2. The number of benzene rings is 1. The molecular weight excluding hydrogens is 428 g/mol. The van der Waals surface area contributed by atoms with Crippen molar-refractivity contribution in [2.45, 2.75) is 40.3 Å². The third-order valence-corrected chi connectivity index (χ3v) is 6.11. The number of aromatic nitrogens is 1. The van der Waals surface area contributed by atoms with Crippen LogP contribution in [0.3, 0.4) is 0 Å². The van der Waals surface area contributed by atoms with Crippen molar-refractivity contribution in [2.24, 2.45) is 0 Å². The Kier molecular flexibility index (Phi) is 7.00. The third-order valence-electron chi connectivity index (χ3n) is 4.85. The van der Waals surface area contributed by atoms with Crippen molar-refractivity contribution >= 4 is 39.0 Å². The minimum absolute atomic E-state index is 0.188. The summed E-state index contributed by atoms with van der Waals surface area (Å²) in [7, 11) is -1.97. The first kappa shape index (κ1) is 23.5. The lowest BCUT2D eigenvalue weighted by Gasteiger charge is -2.14. The molecule has 3 aromatic rings. The Morgan fingerprint density at radius 3 is 2.59 bits per heavy atom. The van der Waals surface area contributed by atoms with E-state index >= 15 is 0 Å². The van der Waals surface area contributed by atoms with Crippen molar-refractivity contribution < 1.29 is 17.6 Å². The van der Waals surface area contributed by atoms with Gasteiger partial charge in [-0.1, -0.05) is 18.2 Å². The summed E-state index contributed by atoms with van der Waals surface area (Å²) < 4.78 is 34.6. The van der Waals surface area contributed by atoms with Gasteiger partial charge in [0.1, 0.15) is 17.2 Å². The fraction of sp³-hybridized carbons (Fsp3) is 0.304. The van der Waals surface area contributed by atoms with Gasteiger partial charge >= 0.3 is 0 Å². The molecule has 2 N–H and O–H groups in total. The van der Waals surface area contributed by atoms with Gasteiger partial charge in [0.2, 0.25) is 5.91 Å². The number of likely N-dealkylation sites (N-methyl/N-ethyl adjacent to an activating group) is 1. The van der Waals surface area contributed by atoms with Crippen LogP contribution in [0.4, 0.5) is 5.82 Å². The molecule has 0 radical (unpaired) electrons. The summed E-state index contributed by atoms with van der Waals surface area (Å²) in [4.78, 5) is 18.2. The Balaban J connectivity index is 1.63. The smallest absolute Gasteiger partial charge is 0.300 e. The lowest BCUT2D eigenvalue weighted by molar-refractivity contribution is -0.125. The van der Waals surface area contributed by atoms with Crippen molar-refractivity contribution in [2.75, 3.05) is 11.8 Å². The molecule has 0 aliphatic heterocycles. The first-order chi connectivity index (χ1) is 15.1. The average molecular weight is 457 g/mol. The molecule has 3 rings (SSSR count). The van der Waals surface area contributed by atoms with Crippen molar-refractivity contribution in [3.05, 3.63) is 65.1 Å². The van der Waals surface area contributed by atoms with E-state index in [0.717, 1.165) is 27.9 Å². The number of carbonyl (C=O) groups is 1. The molecular formula is C23H28N4O4S. The number of rotatable bonds is 8. The first-order valence-corrected chi connectivity index (χ1v) is 11.7. The number of para-hydroxylation sites is 1. The zero-order chi connectivity index (χ0) is 23.5. The quantitative estimate of drug-likeness (QED) is 0.502. The van der Waals surface area contributed by atoms with Crippen LogP contribution in [0.5, 0.6) is 0 Å². The SMILES string of the molecule is Cc1c(CN(C)C(=O)/C=C/c2ccc(NS(=O)(=O)NC(C)C)nc2)oc2c(C)cccc12. The number of anilines is 1. The van der Waals surface area contributed by atoms with Gasteiger partial charge in [0, 0.05) is 36.3 Å². The van der Waals surface area contributed by atoms with E-state index in [0.29, 0.717) is 12.1 Å². The van der Waals surface area contributed by atoms with E-state index in [1.54, 1.807) is 37.9 Å². The molecule has 170 valence electrons. The zero-order valence-corrected chi connectivity index (χ0v) is 19.7. The van der Waals surface area contributed by atoms with E-state index in [9.17, 15) is 13.2 Å². The molecule has 0 saturated heterocycles. The molecule has 0 atom stereocenters. The zero-order valence-electron chi connectivity index (χ0n) is 18.8. The van der Waals surface area contributed by atoms with Crippen LogP contribution in [0.1, 0.15) is 36.3 Å². The summed E-state index contributed by atoms with van der Waals surface area (Å²) in [6.07, 6.45) is 4.57. The minimum atomic E-state index is -3.68. The Morgan fingerprint density at radius 2 is 1.97 bits per heavy atom. The number of amides is 1. The van der Waals surface area contributed by atoms with Gasteiger partial charge in [-0.25, -0.2) is 4.98 Å². The third kappa shape index (κ3) is 5.74. The molecule has 9 heteroatoms. The first-order valence-electron chi connectivity index (χ1n) is 10.2. The second kappa shape index (κ2) is 9.54. The Morgan fingerprint density at radius 1 is 1.22 bits per heavy atom. The maximum atomic E-state index is 12.5. The number of hydrogen-bond acceptors (Lipinski definition) is 5. The van der Waals surface area contributed by atoms with E-state index in [1.165, 1.54) is 18.3 Å². The van der Waals surface area contributed by atoms with Gasteiger partial charge < -0.3 is 9.32 Å². The Bertz CT molecular complexity index is 1240. The predicted molar refractivity (Wildman–Crippen MR) is 126 cm³/mol. The monoisotopic (exact) mass is 456 g/mol. The van der Waals surface area contributed by atoms with Crippen LogP contribution in [-0.2, 0) is 21.5 Å². The number of hydrogen-bond donors (Lipinski definition) is 2. The highest BCUT2D eigenvalue weighted by Crippen LogP contribution is 2.28. The standard InChI is InChI=1S/C23H28N4O4S/c1-15(2)25-32(29,30)26-21-11-9-18(13-24-21)10-12-22(28)27(5)14-20-17(4)19-8-6-7-16(3)23(19)31-20/h6-13,15,25H,14H2,1-5H3,(H,24,26)/b12-10+. The summed E-state index contributed by atoms with van der Waals surface area (Å²) in [5, 5.41) is 1.06. The normalized spacial score (nSPS) is 12.1. The van der Waals surface area contributed by atoms with Crippen molar-refractivity contribution in [3.8, 4) is 0 Å². The van der Waals surface area contributed by atoms with Crippen molar-refractivity contribution in [3.63, 3.8) is 0 Å². The largest absolute Gasteiger partial charge is 0.459 e. The van der Waals surface area contributed by atoms with E-state index in [2.05, 4.69) is 14.4 Å². The molecule has 0 aliphatic rings. The summed E-state index contributed by atoms with van der Waals surface area (Å²) in [6, 6.07) is 8.99. The van der Waals surface area contributed by atoms with Gasteiger partial charge in [-0.3, -0.25) is 9.52 Å². The fourth-order valence-electron chi connectivity index (χ4n) is 3.21. The van der Waals surface area contributed by atoms with Gasteiger partial charge in [-0.05, 0) is 57.0 Å². The van der Waals surface area contributed by atoms with Gasteiger partial charge in [-0.2, -0.15) is 13.1 Å². The van der Waals surface area contributed by atoms with Crippen molar-refractivity contribution in [1.82, 2.24) is 14.6 Å². The number of fused-ring (bicyclic) bond motifs is 1. The van der Waals surface area contributed by atoms with Crippen LogP contribution in [0.25, 0.3) is 17.0 Å². The van der Waals surface area contributed by atoms with Crippen LogP contribution in [0, 0.1) is 13.8 Å². The van der Waals surface area contributed by atoms with E-state index in [-0.39, 0.29) is 17.8 Å². The van der Waals surface area contributed by atoms with E-state index in [4.69, 9.17) is 4.42 Å². The Labute approximate surface area is 188 Å². The minimum Gasteiger partial charge on any atom is -0.459 e. The molecule has 0 fully saturated rings. The molecule has 0 unspecified atom stereocenters. The van der Waals surface area contributed by atoms with Crippen LogP contribution in [-0.4, -0.2) is 37.3 Å². The van der Waals surface area contributed by atoms with Crippen LogP contribution >= 0.6 is 0 Å². The molecule has 1 aromatic carbocycles. The lowest BCUT2D eigenvalue weighted by Crippen LogP contribution is -2.35. The molecule has 1 amide bonds. The number of pyridine rings is 1. The number of carbonyl (C=O) groups excluding carboxylic acids is 1. The number of nitrogens with zero attached hydrogens (tertiary/aromatic N) is 2. The van der Waals surface area contributed by atoms with Crippen LogP contribution < -0.4 is 9.44 Å². The predicted octanol–water partition coefficient (Wildman–Crippen LogP) is 3.77. The molecule has 0 aliphatic carbocycles. The topological polar surface area (TPSA) is 105 Å². The number of aryl methyl sites for hydroxylation is 2. The Hall–Kier alpha value is -3.17. The summed E-state index contributed by atoms with van der Waals surface area (Å²) in [5.74, 6) is 0.758. The average Bonchev–Trinajstić information content (AvgIpc) is 3.03. The molecule has 2 aromatic heterocycles. The maximum absolute atomic E-state index is 12.5. The second-order valence-electron chi connectivity index (χ2n) is 7.98. The number of furan rings is 1. The lowest BCUT2D eigenvalue weighted by atomic mass is 10.1. The summed E-state index contributed by atoms with van der Waals surface area (Å²) >= 11 is 0. The van der Waals surface area contributed by atoms with E-state index < -0.39 is 10.2 Å². The van der Waals surface area contributed by atoms with Gasteiger partial charge in [0.25, 0.3) is 10.2 Å². The van der Waals surface area contributed by atoms with Gasteiger partial charge in [-0.15, -0.1) is 0 Å². The van der Waals surface area contributed by atoms with Gasteiger partial charge in [0.15, 0.2) is 0 Å². The van der Waals surface area contributed by atoms with Crippen LogP contribution in [0.2, 0.25) is 0 Å². The van der Waals surface area contributed by atoms with Crippen LogP contribution in [0.15, 0.2) is 47.0 Å². The van der Waals surface area contributed by atoms with Crippen molar-refractivity contribution in [1.29, 1.82) is 0 Å². The van der Waals surface area contributed by atoms with Gasteiger partial charge in [0.05, 0.1) is 6.54 Å². The highest BCUT2D eigenvalue weighted by molar-refractivity contribution is 7.90. The van der Waals surface area contributed by atoms with E-state index in [1.807, 2.05) is 32.0 Å². The molecule has 32 heavy (non-hydrogen) atoms. The molecule has 0 bridgehead atoms. The molecule has 8 nitrogen and oxygen atoms in total. The number of nitrogens with one attached hydrogen (secondary N) is 2. The summed E-state index contributed by atoms with van der Waals surface area (Å²) in [5.41, 5.74) is 3.61. The highest BCUT2D eigenvalue weighted by Gasteiger charge is 2.15. The fourth-order valence-corrected chi connectivity index (χ4v) is 4.29. The maximum Gasteiger partial charge on any atom is 0.300 e. The summed E-state index contributed by atoms with van der Waals surface area (Å²) in [6.45, 7) is 7.80.